The molecule has 4 nitrogen and oxygen atoms in total. The van der Waals surface area contributed by atoms with Crippen molar-refractivity contribution >= 4 is 11.6 Å². The summed E-state index contributed by atoms with van der Waals surface area (Å²) < 4.78 is 13.5. The lowest BCUT2D eigenvalue weighted by molar-refractivity contribution is -0.115. The molecule has 0 aliphatic rings. The number of carbonyl (C=O) groups is 1. The van der Waals surface area contributed by atoms with Gasteiger partial charge in [-0.25, -0.2) is 4.39 Å². The van der Waals surface area contributed by atoms with E-state index in [0.29, 0.717) is 0 Å². The van der Waals surface area contributed by atoms with Crippen LogP contribution >= 0.6 is 0 Å². The molecule has 1 amide bonds. The minimum absolute atomic E-state index is 0.0879. The van der Waals surface area contributed by atoms with Crippen molar-refractivity contribution < 1.29 is 9.18 Å². The van der Waals surface area contributed by atoms with E-state index in [2.05, 4.69) is 10.6 Å². The molecule has 0 heterocycles. The van der Waals surface area contributed by atoms with Crippen molar-refractivity contribution in [3.63, 3.8) is 0 Å². The Morgan fingerprint density at radius 1 is 1.56 bits per heavy atom. The fraction of sp³-hybridized carbons (Fsp3) is 0.385. The molecule has 1 rings (SSSR count). The Morgan fingerprint density at radius 3 is 2.83 bits per heavy atom. The summed E-state index contributed by atoms with van der Waals surface area (Å²) in [7, 11) is 0. The number of anilines is 1. The molecule has 2 N–H and O–H groups in total. The zero-order valence-electron chi connectivity index (χ0n) is 10.5. The fourth-order valence-corrected chi connectivity index (χ4v) is 1.29. The quantitative estimate of drug-likeness (QED) is 0.839. The zero-order chi connectivity index (χ0) is 13.5. The first-order chi connectivity index (χ1) is 8.56. The van der Waals surface area contributed by atoms with E-state index >= 15 is 0 Å². The molecule has 1 aromatic rings. The Balaban J connectivity index is 2.57. The standard InChI is InChI=1S/C13H16FN3O/c1-3-9(2)16-8-13(18)17-12-5-4-10(7-15)6-11(12)14/h4-6,9,16H,3,8H2,1-2H3,(H,17,18). The van der Waals surface area contributed by atoms with Gasteiger partial charge >= 0.3 is 0 Å². The number of amides is 1. The molecule has 1 aromatic carbocycles. The summed E-state index contributed by atoms with van der Waals surface area (Å²) in [5, 5.41) is 14.1. The summed E-state index contributed by atoms with van der Waals surface area (Å²) in [5.41, 5.74) is 0.313. The van der Waals surface area contributed by atoms with Crippen LogP contribution in [0.2, 0.25) is 0 Å². The molecule has 96 valence electrons. The van der Waals surface area contributed by atoms with E-state index in [1.165, 1.54) is 12.1 Å². The van der Waals surface area contributed by atoms with E-state index in [9.17, 15) is 9.18 Å². The monoisotopic (exact) mass is 249 g/mol. The van der Waals surface area contributed by atoms with E-state index in [4.69, 9.17) is 5.26 Å². The topological polar surface area (TPSA) is 64.9 Å². The van der Waals surface area contributed by atoms with Crippen LogP contribution in [0.5, 0.6) is 0 Å². The maximum Gasteiger partial charge on any atom is 0.238 e. The third-order valence-electron chi connectivity index (χ3n) is 2.60. The molecule has 1 unspecified atom stereocenters. The minimum Gasteiger partial charge on any atom is -0.322 e. The Kier molecular flexibility index (Phi) is 5.28. The molecular formula is C13H16FN3O. The highest BCUT2D eigenvalue weighted by molar-refractivity contribution is 5.92. The van der Waals surface area contributed by atoms with Crippen molar-refractivity contribution in [2.24, 2.45) is 0 Å². The molecule has 1 atom stereocenters. The first kappa shape index (κ1) is 14.1. The molecule has 0 saturated carbocycles. The molecule has 0 fully saturated rings. The van der Waals surface area contributed by atoms with Crippen molar-refractivity contribution in [2.75, 3.05) is 11.9 Å². The number of nitrogens with zero attached hydrogens (tertiary/aromatic N) is 1. The van der Waals surface area contributed by atoms with E-state index < -0.39 is 5.82 Å². The van der Waals surface area contributed by atoms with Crippen LogP contribution in [0, 0.1) is 17.1 Å². The number of hydrogen-bond acceptors (Lipinski definition) is 3. The molecular weight excluding hydrogens is 233 g/mol. The van der Waals surface area contributed by atoms with Crippen LogP contribution in [0.4, 0.5) is 10.1 Å². The fourth-order valence-electron chi connectivity index (χ4n) is 1.29. The number of nitriles is 1. The summed E-state index contributed by atoms with van der Waals surface area (Å²) in [5.74, 6) is -0.912. The number of carbonyl (C=O) groups excluding carboxylic acids is 1. The molecule has 0 saturated heterocycles. The van der Waals surface area contributed by atoms with Crippen LogP contribution in [-0.2, 0) is 4.79 Å². The second-order valence-electron chi connectivity index (χ2n) is 4.04. The van der Waals surface area contributed by atoms with Gasteiger partial charge in [-0.1, -0.05) is 6.92 Å². The number of nitrogens with one attached hydrogen (secondary N) is 2. The lowest BCUT2D eigenvalue weighted by Crippen LogP contribution is -2.34. The summed E-state index contributed by atoms with van der Waals surface area (Å²) in [6, 6.07) is 6.01. The van der Waals surface area contributed by atoms with E-state index in [1.54, 1.807) is 0 Å². The van der Waals surface area contributed by atoms with E-state index in [0.717, 1.165) is 12.5 Å². The van der Waals surface area contributed by atoms with Crippen LogP contribution in [0.25, 0.3) is 0 Å². The van der Waals surface area contributed by atoms with Crippen molar-refractivity contribution in [3.8, 4) is 6.07 Å². The second-order valence-corrected chi connectivity index (χ2v) is 4.04. The highest BCUT2D eigenvalue weighted by Gasteiger charge is 2.08. The third kappa shape index (κ3) is 4.15. The predicted molar refractivity (Wildman–Crippen MR) is 67.5 cm³/mol. The van der Waals surface area contributed by atoms with Gasteiger partial charge in [-0.05, 0) is 31.5 Å². The van der Waals surface area contributed by atoms with Crippen LogP contribution in [0.15, 0.2) is 18.2 Å². The first-order valence-corrected chi connectivity index (χ1v) is 5.79. The first-order valence-electron chi connectivity index (χ1n) is 5.79. The van der Waals surface area contributed by atoms with Crippen LogP contribution < -0.4 is 10.6 Å². The molecule has 0 bridgehead atoms. The average molecular weight is 249 g/mol. The Bertz CT molecular complexity index is 468. The molecule has 5 heteroatoms. The van der Waals surface area contributed by atoms with E-state index in [1.807, 2.05) is 19.9 Å². The van der Waals surface area contributed by atoms with Crippen LogP contribution in [0.1, 0.15) is 25.8 Å². The maximum atomic E-state index is 13.5. The highest BCUT2D eigenvalue weighted by Crippen LogP contribution is 2.14. The van der Waals surface area contributed by atoms with Crippen molar-refractivity contribution in [1.82, 2.24) is 5.32 Å². The van der Waals surface area contributed by atoms with E-state index in [-0.39, 0.29) is 29.7 Å². The molecule has 0 aliphatic carbocycles. The third-order valence-corrected chi connectivity index (χ3v) is 2.60. The maximum absolute atomic E-state index is 13.5. The average Bonchev–Trinajstić information content (AvgIpc) is 2.38. The molecule has 0 aromatic heterocycles. The summed E-state index contributed by atoms with van der Waals surface area (Å²) in [6.45, 7) is 4.11. The lowest BCUT2D eigenvalue weighted by Gasteiger charge is -2.11. The van der Waals surface area contributed by atoms with Crippen LogP contribution in [0.3, 0.4) is 0 Å². The van der Waals surface area contributed by atoms with Gasteiger partial charge in [0.15, 0.2) is 0 Å². The van der Waals surface area contributed by atoms with Gasteiger partial charge in [0.2, 0.25) is 5.91 Å². The Labute approximate surface area is 106 Å². The highest BCUT2D eigenvalue weighted by atomic mass is 19.1. The summed E-state index contributed by atoms with van der Waals surface area (Å²) in [6.07, 6.45) is 0.915. The largest absolute Gasteiger partial charge is 0.322 e. The summed E-state index contributed by atoms with van der Waals surface area (Å²) in [4.78, 5) is 11.5. The molecule has 0 spiro atoms. The van der Waals surface area contributed by atoms with Gasteiger partial charge in [-0.3, -0.25) is 4.79 Å². The van der Waals surface area contributed by atoms with Crippen LogP contribution in [-0.4, -0.2) is 18.5 Å². The smallest absolute Gasteiger partial charge is 0.238 e. The van der Waals surface area contributed by atoms with Gasteiger partial charge in [0.05, 0.1) is 23.9 Å². The van der Waals surface area contributed by atoms with Gasteiger partial charge in [-0.15, -0.1) is 0 Å². The Morgan fingerprint density at radius 2 is 2.28 bits per heavy atom. The molecule has 0 radical (unpaired) electrons. The van der Waals surface area contributed by atoms with Gasteiger partial charge in [-0.2, -0.15) is 5.26 Å². The summed E-state index contributed by atoms with van der Waals surface area (Å²) >= 11 is 0. The Hall–Kier alpha value is -1.93. The van der Waals surface area contributed by atoms with Crippen molar-refractivity contribution in [1.29, 1.82) is 5.26 Å². The lowest BCUT2D eigenvalue weighted by atomic mass is 10.2. The number of benzene rings is 1. The zero-order valence-corrected chi connectivity index (χ0v) is 10.5. The van der Waals surface area contributed by atoms with Gasteiger partial charge in [0.1, 0.15) is 5.82 Å². The minimum atomic E-state index is -0.606. The SMILES string of the molecule is CCC(C)NCC(=O)Nc1ccc(C#N)cc1F. The number of hydrogen-bond donors (Lipinski definition) is 2. The van der Waals surface area contributed by atoms with Crippen molar-refractivity contribution in [2.45, 2.75) is 26.3 Å². The van der Waals surface area contributed by atoms with Gasteiger partial charge < -0.3 is 10.6 Å². The molecule has 18 heavy (non-hydrogen) atoms. The number of rotatable bonds is 5. The van der Waals surface area contributed by atoms with Gasteiger partial charge in [0.25, 0.3) is 0 Å². The van der Waals surface area contributed by atoms with Crippen molar-refractivity contribution in [3.05, 3.63) is 29.6 Å². The normalized spacial score (nSPS) is 11.7. The van der Waals surface area contributed by atoms with Gasteiger partial charge in [0, 0.05) is 6.04 Å². The molecule has 0 aliphatic heterocycles. The number of halogens is 1. The second kappa shape index (κ2) is 6.72. The predicted octanol–water partition coefficient (Wildman–Crippen LogP) is 2.02.